The maximum Gasteiger partial charge on any atom is 0.232 e. The van der Waals surface area contributed by atoms with Crippen LogP contribution in [0.5, 0.6) is 0 Å². The van der Waals surface area contributed by atoms with Crippen LogP contribution < -0.4 is 5.32 Å². The van der Waals surface area contributed by atoms with Crippen LogP contribution in [0.2, 0.25) is 5.02 Å². The van der Waals surface area contributed by atoms with Crippen molar-refractivity contribution in [3.05, 3.63) is 41.0 Å². The van der Waals surface area contributed by atoms with E-state index in [4.69, 9.17) is 46.4 Å². The minimum Gasteiger partial charge on any atom is -0.354 e. The maximum atomic E-state index is 6.06. The average molecular weight is 434 g/mol. The van der Waals surface area contributed by atoms with Crippen LogP contribution in [0, 0.1) is 0 Å². The molecule has 26 heavy (non-hydrogen) atoms. The smallest absolute Gasteiger partial charge is 0.232 e. The summed E-state index contributed by atoms with van der Waals surface area (Å²) >= 11 is 24.1. The van der Waals surface area contributed by atoms with Crippen LogP contribution in [0.15, 0.2) is 30.3 Å². The largest absolute Gasteiger partial charge is 0.354 e. The predicted molar refractivity (Wildman–Crippen MR) is 110 cm³/mol. The van der Waals surface area contributed by atoms with Gasteiger partial charge < -0.3 is 10.2 Å². The third-order valence-electron chi connectivity index (χ3n) is 4.59. The summed E-state index contributed by atoms with van der Waals surface area (Å²) in [6.07, 6.45) is 3.50. The highest BCUT2D eigenvalue weighted by atomic mass is 35.6. The normalized spacial score (nSPS) is 18.3. The Hall–Kier alpha value is -0.780. The molecule has 3 rings (SSSR count). The third-order valence-corrected chi connectivity index (χ3v) is 5.42. The summed E-state index contributed by atoms with van der Waals surface area (Å²) in [6, 6.07) is 9.64. The lowest BCUT2D eigenvalue weighted by atomic mass is 10.1. The van der Waals surface area contributed by atoms with Gasteiger partial charge in [-0.3, -0.25) is 0 Å². The van der Waals surface area contributed by atoms with Crippen molar-refractivity contribution >= 4 is 52.4 Å². The van der Waals surface area contributed by atoms with Crippen molar-refractivity contribution in [3.8, 4) is 11.3 Å². The summed E-state index contributed by atoms with van der Waals surface area (Å²) in [5.74, 6) is 0.458. The molecule has 1 fully saturated rings. The maximum absolute atomic E-state index is 6.06. The Morgan fingerprint density at radius 3 is 2.54 bits per heavy atom. The number of rotatable bonds is 5. The first-order chi connectivity index (χ1) is 12.3. The number of alkyl halides is 3. The lowest BCUT2D eigenvalue weighted by Gasteiger charge is -2.19. The van der Waals surface area contributed by atoms with E-state index >= 15 is 0 Å². The van der Waals surface area contributed by atoms with Gasteiger partial charge in [-0.05, 0) is 51.1 Å². The highest BCUT2D eigenvalue weighted by molar-refractivity contribution is 6.66. The fourth-order valence-corrected chi connectivity index (χ4v) is 3.55. The topological polar surface area (TPSA) is 41.0 Å². The van der Waals surface area contributed by atoms with Gasteiger partial charge in [0, 0.05) is 23.2 Å². The van der Waals surface area contributed by atoms with E-state index in [9.17, 15) is 0 Å². The van der Waals surface area contributed by atoms with Crippen molar-refractivity contribution in [2.75, 3.05) is 25.5 Å². The third kappa shape index (κ3) is 5.14. The number of aromatic nitrogens is 2. The van der Waals surface area contributed by atoms with Crippen LogP contribution in [0.25, 0.3) is 11.3 Å². The molecule has 1 aromatic heterocycles. The summed E-state index contributed by atoms with van der Waals surface area (Å²) in [5, 5.41) is 3.93. The number of nitrogens with zero attached hydrogens (tertiary/aromatic N) is 3. The number of hydrogen-bond acceptors (Lipinski definition) is 4. The Morgan fingerprint density at radius 1 is 1.19 bits per heavy atom. The fourth-order valence-electron chi connectivity index (χ4n) is 3.13. The number of halogens is 4. The van der Waals surface area contributed by atoms with E-state index in [1.54, 1.807) is 18.2 Å². The molecule has 0 spiro atoms. The molecule has 0 bridgehead atoms. The van der Waals surface area contributed by atoms with Crippen LogP contribution in [-0.4, -0.2) is 41.0 Å². The van der Waals surface area contributed by atoms with Crippen LogP contribution in [0.3, 0.4) is 0 Å². The molecule has 1 aliphatic heterocycles. The summed E-state index contributed by atoms with van der Waals surface area (Å²) in [6.45, 7) is 1.92. The zero-order valence-corrected chi connectivity index (χ0v) is 17.4. The van der Waals surface area contributed by atoms with Crippen molar-refractivity contribution in [2.45, 2.75) is 29.1 Å². The molecule has 2 aromatic rings. The van der Waals surface area contributed by atoms with E-state index < -0.39 is 3.79 Å². The zero-order chi connectivity index (χ0) is 18.7. The molecule has 8 heteroatoms. The molecule has 0 amide bonds. The molecular weight excluding hydrogens is 414 g/mol. The quantitative estimate of drug-likeness (QED) is 0.630. The second-order valence-electron chi connectivity index (χ2n) is 6.46. The van der Waals surface area contributed by atoms with Crippen LogP contribution in [-0.2, 0) is 3.79 Å². The van der Waals surface area contributed by atoms with E-state index in [0.717, 1.165) is 25.1 Å². The molecule has 1 aliphatic rings. The molecule has 1 atom stereocenters. The van der Waals surface area contributed by atoms with Gasteiger partial charge in [0.15, 0.2) is 0 Å². The van der Waals surface area contributed by atoms with Gasteiger partial charge in [0.1, 0.15) is 0 Å². The van der Waals surface area contributed by atoms with Crippen molar-refractivity contribution in [2.24, 2.45) is 0 Å². The minimum atomic E-state index is -1.62. The van der Waals surface area contributed by atoms with Gasteiger partial charge in [0.2, 0.25) is 9.74 Å². The molecule has 0 saturated carbocycles. The molecule has 2 heterocycles. The fraction of sp³-hybridized carbons (Fsp3) is 0.444. The highest BCUT2D eigenvalue weighted by Gasteiger charge is 2.27. The Bertz CT molecular complexity index is 746. The molecule has 1 aromatic carbocycles. The van der Waals surface area contributed by atoms with E-state index in [-0.39, 0.29) is 0 Å². The summed E-state index contributed by atoms with van der Waals surface area (Å²) < 4.78 is -1.62. The van der Waals surface area contributed by atoms with Crippen molar-refractivity contribution < 1.29 is 0 Å². The van der Waals surface area contributed by atoms with E-state index in [0.29, 0.717) is 28.4 Å². The Labute approximate surface area is 173 Å². The lowest BCUT2D eigenvalue weighted by molar-refractivity contribution is 0.301. The Balaban J connectivity index is 1.79. The van der Waals surface area contributed by atoms with Gasteiger partial charge in [0.05, 0.1) is 11.4 Å². The summed E-state index contributed by atoms with van der Waals surface area (Å²) in [4.78, 5) is 11.3. The molecule has 4 nitrogen and oxygen atoms in total. The number of anilines is 1. The van der Waals surface area contributed by atoms with Crippen molar-refractivity contribution in [3.63, 3.8) is 0 Å². The minimum absolute atomic E-state index is 0.336. The predicted octanol–water partition coefficient (Wildman–Crippen LogP) is 5.52. The van der Waals surface area contributed by atoms with Gasteiger partial charge in [-0.25, -0.2) is 9.97 Å². The van der Waals surface area contributed by atoms with E-state index in [2.05, 4.69) is 27.2 Å². The first-order valence-electron chi connectivity index (χ1n) is 8.49. The molecule has 0 aliphatic carbocycles. The monoisotopic (exact) mass is 432 g/mol. The number of likely N-dealkylation sites (tertiary alicyclic amines) is 1. The van der Waals surface area contributed by atoms with Crippen LogP contribution in [0.1, 0.15) is 25.0 Å². The molecular formula is C18H20Cl4N4. The van der Waals surface area contributed by atoms with Crippen molar-refractivity contribution in [1.29, 1.82) is 0 Å². The first-order valence-corrected chi connectivity index (χ1v) is 10.0. The second kappa shape index (κ2) is 8.49. The molecule has 1 N–H and O–H groups in total. The average Bonchev–Trinajstić information content (AvgIpc) is 3.00. The Morgan fingerprint density at radius 2 is 1.92 bits per heavy atom. The summed E-state index contributed by atoms with van der Waals surface area (Å²) in [7, 11) is 2.16. The molecule has 140 valence electrons. The van der Waals surface area contributed by atoms with E-state index in [1.165, 1.54) is 12.8 Å². The van der Waals surface area contributed by atoms with E-state index in [1.807, 2.05) is 12.1 Å². The van der Waals surface area contributed by atoms with Gasteiger partial charge in [-0.2, -0.15) is 0 Å². The van der Waals surface area contributed by atoms with Gasteiger partial charge in [-0.15, -0.1) is 0 Å². The standard InChI is InChI=1S/C18H20Cl4N4/c1-26-10-2-3-14(26)8-9-23-17-24-15(11-16(25-17)18(20,21)22)12-4-6-13(19)7-5-12/h4-7,11,14H,2-3,8-10H2,1H3,(H,23,24,25). The number of hydrogen-bond donors (Lipinski definition) is 1. The van der Waals surface area contributed by atoms with Crippen molar-refractivity contribution in [1.82, 2.24) is 14.9 Å². The lowest BCUT2D eigenvalue weighted by Crippen LogP contribution is -2.27. The highest BCUT2D eigenvalue weighted by Crippen LogP contribution is 2.38. The molecule has 1 saturated heterocycles. The number of benzene rings is 1. The Kier molecular flexibility index (Phi) is 6.52. The van der Waals surface area contributed by atoms with Gasteiger partial charge in [-0.1, -0.05) is 58.5 Å². The SMILES string of the molecule is CN1CCCC1CCNc1nc(-c2ccc(Cl)cc2)cc(C(Cl)(Cl)Cl)n1. The first kappa shape index (κ1) is 20.0. The van der Waals surface area contributed by atoms with Crippen LogP contribution in [0.4, 0.5) is 5.95 Å². The second-order valence-corrected chi connectivity index (χ2v) is 9.18. The molecule has 0 radical (unpaired) electrons. The van der Waals surface area contributed by atoms with Gasteiger partial charge in [0.25, 0.3) is 0 Å². The van der Waals surface area contributed by atoms with Gasteiger partial charge >= 0.3 is 0 Å². The molecule has 1 unspecified atom stereocenters. The zero-order valence-electron chi connectivity index (χ0n) is 14.4. The summed E-state index contributed by atoms with van der Waals surface area (Å²) in [5.41, 5.74) is 1.90. The van der Waals surface area contributed by atoms with Crippen LogP contribution >= 0.6 is 46.4 Å². The number of nitrogens with one attached hydrogen (secondary N) is 1.